The molecule has 3 rings (SSSR count). The summed E-state index contributed by atoms with van der Waals surface area (Å²) in [5.41, 5.74) is 1.09. The minimum absolute atomic E-state index is 0.131. The van der Waals surface area contributed by atoms with Crippen LogP contribution in [0.15, 0.2) is 42.5 Å². The fourth-order valence-electron chi connectivity index (χ4n) is 2.69. The van der Waals surface area contributed by atoms with Crippen LogP contribution in [-0.2, 0) is 4.79 Å². The van der Waals surface area contributed by atoms with Gasteiger partial charge in [0.25, 0.3) is 5.91 Å². The van der Waals surface area contributed by atoms with Crippen LogP contribution in [0.1, 0.15) is 17.3 Å². The molecule has 1 aliphatic heterocycles. The summed E-state index contributed by atoms with van der Waals surface area (Å²) in [7, 11) is 0. The van der Waals surface area contributed by atoms with E-state index >= 15 is 0 Å². The molecule has 0 fully saturated rings. The van der Waals surface area contributed by atoms with E-state index in [1.807, 2.05) is 0 Å². The zero-order chi connectivity index (χ0) is 18.5. The normalized spacial score (nSPS) is 12.4. The molecule has 6 nitrogen and oxygen atoms in total. The van der Waals surface area contributed by atoms with E-state index in [4.69, 9.17) is 21.1 Å². The standard InChI is InChI=1S/C19H19ClN2O4/c1-13(23)22(14-6-7-17-18(12-14)26-11-10-25-17)9-8-21-19(24)15-4-2-3-5-16(15)20/h2-7,12H,8-11H2,1H3,(H,21,24). The molecule has 2 amide bonds. The maximum absolute atomic E-state index is 12.2. The summed E-state index contributed by atoms with van der Waals surface area (Å²) in [4.78, 5) is 25.8. The average molecular weight is 375 g/mol. The van der Waals surface area contributed by atoms with Crippen molar-refractivity contribution in [1.82, 2.24) is 5.32 Å². The molecule has 1 heterocycles. The Hall–Kier alpha value is -2.73. The first-order valence-electron chi connectivity index (χ1n) is 8.27. The predicted molar refractivity (Wildman–Crippen MR) is 99.2 cm³/mol. The van der Waals surface area contributed by atoms with Crippen molar-refractivity contribution in [3.05, 3.63) is 53.1 Å². The van der Waals surface area contributed by atoms with Crippen LogP contribution in [0.4, 0.5) is 5.69 Å². The topological polar surface area (TPSA) is 67.9 Å². The molecule has 0 radical (unpaired) electrons. The molecular weight excluding hydrogens is 356 g/mol. The van der Waals surface area contributed by atoms with Crippen molar-refractivity contribution in [3.63, 3.8) is 0 Å². The number of halogens is 1. The van der Waals surface area contributed by atoms with Crippen molar-refractivity contribution >= 4 is 29.1 Å². The smallest absolute Gasteiger partial charge is 0.252 e. The highest BCUT2D eigenvalue weighted by atomic mass is 35.5. The van der Waals surface area contributed by atoms with Crippen molar-refractivity contribution in [1.29, 1.82) is 0 Å². The lowest BCUT2D eigenvalue weighted by molar-refractivity contribution is -0.116. The van der Waals surface area contributed by atoms with Crippen LogP contribution in [-0.4, -0.2) is 38.1 Å². The second-order valence-electron chi connectivity index (χ2n) is 5.73. The fraction of sp³-hybridized carbons (Fsp3) is 0.263. The molecule has 0 saturated heterocycles. The van der Waals surface area contributed by atoms with Crippen molar-refractivity contribution in [2.45, 2.75) is 6.92 Å². The number of nitrogens with zero attached hydrogens (tertiary/aromatic N) is 1. The first-order valence-corrected chi connectivity index (χ1v) is 8.64. The van der Waals surface area contributed by atoms with Crippen LogP contribution in [0.3, 0.4) is 0 Å². The van der Waals surface area contributed by atoms with Crippen LogP contribution in [0.25, 0.3) is 0 Å². The molecule has 1 N–H and O–H groups in total. The lowest BCUT2D eigenvalue weighted by Crippen LogP contribution is -2.37. The zero-order valence-electron chi connectivity index (χ0n) is 14.3. The minimum Gasteiger partial charge on any atom is -0.486 e. The van der Waals surface area contributed by atoms with E-state index in [1.165, 1.54) is 6.92 Å². The molecule has 0 atom stereocenters. The number of anilines is 1. The van der Waals surface area contributed by atoms with Gasteiger partial charge in [-0.25, -0.2) is 0 Å². The molecule has 2 aromatic rings. The monoisotopic (exact) mass is 374 g/mol. The van der Waals surface area contributed by atoms with Crippen LogP contribution in [0, 0.1) is 0 Å². The van der Waals surface area contributed by atoms with E-state index in [9.17, 15) is 9.59 Å². The van der Waals surface area contributed by atoms with E-state index < -0.39 is 0 Å². The van der Waals surface area contributed by atoms with Gasteiger partial charge in [0.05, 0.1) is 10.6 Å². The lowest BCUT2D eigenvalue weighted by atomic mass is 10.2. The van der Waals surface area contributed by atoms with Crippen molar-refractivity contribution in [3.8, 4) is 11.5 Å². The zero-order valence-corrected chi connectivity index (χ0v) is 15.1. The van der Waals surface area contributed by atoms with Crippen LogP contribution in [0.2, 0.25) is 5.02 Å². The molecule has 0 bridgehead atoms. The van der Waals surface area contributed by atoms with Gasteiger partial charge in [-0.05, 0) is 24.3 Å². The quantitative estimate of drug-likeness (QED) is 0.873. The van der Waals surface area contributed by atoms with Crippen molar-refractivity contribution in [2.24, 2.45) is 0 Å². The number of fused-ring (bicyclic) bond motifs is 1. The Bertz CT molecular complexity index is 825. The number of hydrogen-bond donors (Lipinski definition) is 1. The molecule has 0 saturated carbocycles. The summed E-state index contributed by atoms with van der Waals surface area (Å²) in [6, 6.07) is 12.2. The maximum Gasteiger partial charge on any atom is 0.252 e. The number of amides is 2. The summed E-state index contributed by atoms with van der Waals surface area (Å²) in [5.74, 6) is 0.866. The fourth-order valence-corrected chi connectivity index (χ4v) is 2.91. The Kier molecular flexibility index (Phi) is 5.63. The largest absolute Gasteiger partial charge is 0.486 e. The van der Waals surface area contributed by atoms with Gasteiger partial charge in [-0.1, -0.05) is 23.7 Å². The van der Waals surface area contributed by atoms with Crippen molar-refractivity contribution < 1.29 is 19.1 Å². The van der Waals surface area contributed by atoms with E-state index in [-0.39, 0.29) is 18.4 Å². The molecule has 136 valence electrons. The van der Waals surface area contributed by atoms with E-state index in [2.05, 4.69) is 5.32 Å². The van der Waals surface area contributed by atoms with Gasteiger partial charge in [0.1, 0.15) is 13.2 Å². The number of rotatable bonds is 5. The molecule has 0 spiro atoms. The first kappa shape index (κ1) is 18.1. The van der Waals surface area contributed by atoms with Gasteiger partial charge in [0, 0.05) is 31.8 Å². The van der Waals surface area contributed by atoms with Gasteiger partial charge in [-0.3, -0.25) is 9.59 Å². The third-order valence-electron chi connectivity index (χ3n) is 3.96. The van der Waals surface area contributed by atoms with Gasteiger partial charge >= 0.3 is 0 Å². The second kappa shape index (κ2) is 8.10. The molecule has 26 heavy (non-hydrogen) atoms. The predicted octanol–water partition coefficient (Wildman–Crippen LogP) is 2.89. The van der Waals surface area contributed by atoms with Crippen LogP contribution >= 0.6 is 11.6 Å². The molecular formula is C19H19ClN2O4. The molecule has 0 aliphatic carbocycles. The highest BCUT2D eigenvalue weighted by molar-refractivity contribution is 6.33. The Balaban J connectivity index is 1.65. The third kappa shape index (κ3) is 4.08. The Labute approximate surface area is 156 Å². The molecule has 7 heteroatoms. The van der Waals surface area contributed by atoms with Gasteiger partial charge in [0.2, 0.25) is 5.91 Å². The molecule has 1 aliphatic rings. The molecule has 0 aromatic heterocycles. The van der Waals surface area contributed by atoms with E-state index in [0.29, 0.717) is 47.5 Å². The molecule has 2 aromatic carbocycles. The third-order valence-corrected chi connectivity index (χ3v) is 4.29. The number of nitrogens with one attached hydrogen (secondary N) is 1. The SMILES string of the molecule is CC(=O)N(CCNC(=O)c1ccccc1Cl)c1ccc2c(c1)OCCO2. The summed E-state index contributed by atoms with van der Waals surface area (Å²) < 4.78 is 11.1. The highest BCUT2D eigenvalue weighted by Crippen LogP contribution is 2.34. The number of benzene rings is 2. The van der Waals surface area contributed by atoms with Gasteiger partial charge < -0.3 is 19.7 Å². The van der Waals surface area contributed by atoms with Crippen molar-refractivity contribution in [2.75, 3.05) is 31.2 Å². The second-order valence-corrected chi connectivity index (χ2v) is 6.14. The minimum atomic E-state index is -0.277. The lowest BCUT2D eigenvalue weighted by Gasteiger charge is -2.24. The number of carbonyl (C=O) groups excluding carboxylic acids is 2. The first-order chi connectivity index (χ1) is 12.6. The van der Waals surface area contributed by atoms with Crippen LogP contribution in [0.5, 0.6) is 11.5 Å². The number of carbonyl (C=O) groups is 2. The molecule has 0 unspecified atom stereocenters. The summed E-state index contributed by atoms with van der Waals surface area (Å²) >= 11 is 6.02. The number of ether oxygens (including phenoxy) is 2. The maximum atomic E-state index is 12.2. The summed E-state index contributed by atoms with van der Waals surface area (Å²) in [6.45, 7) is 3.08. The summed E-state index contributed by atoms with van der Waals surface area (Å²) in [5, 5.41) is 3.17. The van der Waals surface area contributed by atoms with Gasteiger partial charge in [-0.15, -0.1) is 0 Å². The highest BCUT2D eigenvalue weighted by Gasteiger charge is 2.17. The van der Waals surface area contributed by atoms with Gasteiger partial charge in [-0.2, -0.15) is 0 Å². The van der Waals surface area contributed by atoms with Crippen LogP contribution < -0.4 is 19.7 Å². The Morgan fingerprint density at radius 1 is 1.12 bits per heavy atom. The average Bonchev–Trinajstić information content (AvgIpc) is 2.64. The summed E-state index contributed by atoms with van der Waals surface area (Å²) in [6.07, 6.45) is 0. The number of hydrogen-bond acceptors (Lipinski definition) is 4. The Morgan fingerprint density at radius 2 is 1.85 bits per heavy atom. The van der Waals surface area contributed by atoms with E-state index in [1.54, 1.807) is 47.4 Å². The van der Waals surface area contributed by atoms with Gasteiger partial charge in [0.15, 0.2) is 11.5 Å². The Morgan fingerprint density at radius 3 is 2.58 bits per heavy atom. The van der Waals surface area contributed by atoms with E-state index in [0.717, 1.165) is 0 Å².